The molecule has 0 bridgehead atoms. The van der Waals surface area contributed by atoms with Crippen LogP contribution in [-0.2, 0) is 12.8 Å². The minimum Gasteiger partial charge on any atom is -0.493 e. The Morgan fingerprint density at radius 2 is 2.25 bits per heavy atom. The monoisotopic (exact) mass is 443 g/mol. The predicted molar refractivity (Wildman–Crippen MR) is 102 cm³/mol. The quantitative estimate of drug-likeness (QED) is 0.418. The van der Waals surface area contributed by atoms with Crippen LogP contribution in [0.4, 0.5) is 0 Å². The average molecular weight is 443 g/mol. The maximum atomic E-state index is 5.99. The Hall–Kier alpha value is -1.84. The second kappa shape index (κ2) is 8.86. The van der Waals surface area contributed by atoms with Gasteiger partial charge in [-0.05, 0) is 6.07 Å². The summed E-state index contributed by atoms with van der Waals surface area (Å²) in [5.41, 5.74) is 7.10. The summed E-state index contributed by atoms with van der Waals surface area (Å²) in [7, 11) is 0. The lowest BCUT2D eigenvalue weighted by Crippen LogP contribution is -2.37. The van der Waals surface area contributed by atoms with E-state index in [2.05, 4.69) is 20.4 Å². The number of halogens is 1. The molecular formula is C16H22IN5O2. The number of benzene rings is 1. The van der Waals surface area contributed by atoms with Gasteiger partial charge in [0.05, 0.1) is 12.6 Å². The van der Waals surface area contributed by atoms with Gasteiger partial charge in [-0.1, -0.05) is 30.3 Å². The van der Waals surface area contributed by atoms with E-state index in [0.29, 0.717) is 37.2 Å². The first kappa shape index (κ1) is 18.5. The molecule has 7 nitrogen and oxygen atoms in total. The maximum Gasteiger partial charge on any atom is 0.226 e. The minimum atomic E-state index is 0. The van der Waals surface area contributed by atoms with E-state index in [1.165, 1.54) is 0 Å². The summed E-state index contributed by atoms with van der Waals surface area (Å²) in [6, 6.07) is 8.11. The van der Waals surface area contributed by atoms with Gasteiger partial charge in [0.1, 0.15) is 5.75 Å². The van der Waals surface area contributed by atoms with E-state index in [1.54, 1.807) is 0 Å². The zero-order valence-corrected chi connectivity index (χ0v) is 15.9. The minimum absolute atomic E-state index is 0. The number of rotatable bonds is 5. The van der Waals surface area contributed by atoms with Crippen molar-refractivity contribution in [2.24, 2.45) is 10.7 Å². The van der Waals surface area contributed by atoms with E-state index in [0.717, 1.165) is 24.2 Å². The highest BCUT2D eigenvalue weighted by atomic mass is 127. The van der Waals surface area contributed by atoms with Crippen molar-refractivity contribution in [2.75, 3.05) is 13.2 Å². The summed E-state index contributed by atoms with van der Waals surface area (Å²) in [5, 5.41) is 7.16. The summed E-state index contributed by atoms with van der Waals surface area (Å²) in [5.74, 6) is 2.64. The molecule has 0 aliphatic carbocycles. The molecule has 0 saturated carbocycles. The number of aryl methyl sites for hydroxylation is 1. The first-order chi connectivity index (χ1) is 11.3. The first-order valence-electron chi connectivity index (χ1n) is 7.86. The van der Waals surface area contributed by atoms with Gasteiger partial charge in [0.25, 0.3) is 0 Å². The molecule has 0 saturated heterocycles. The maximum absolute atomic E-state index is 5.99. The van der Waals surface area contributed by atoms with Gasteiger partial charge in [-0.25, -0.2) is 0 Å². The van der Waals surface area contributed by atoms with Gasteiger partial charge >= 0.3 is 0 Å². The molecule has 3 N–H and O–H groups in total. The smallest absolute Gasteiger partial charge is 0.226 e. The van der Waals surface area contributed by atoms with Gasteiger partial charge in [0.2, 0.25) is 5.89 Å². The summed E-state index contributed by atoms with van der Waals surface area (Å²) < 4.78 is 10.7. The van der Waals surface area contributed by atoms with E-state index in [1.807, 2.05) is 31.2 Å². The third kappa shape index (κ3) is 4.59. The van der Waals surface area contributed by atoms with Crippen LogP contribution in [0, 0.1) is 0 Å². The van der Waals surface area contributed by atoms with Crippen molar-refractivity contribution < 1.29 is 9.26 Å². The molecule has 2 aromatic rings. The lowest BCUT2D eigenvalue weighted by atomic mass is 10.0. The fourth-order valence-corrected chi connectivity index (χ4v) is 2.53. The number of fused-ring (bicyclic) bond motifs is 1. The molecule has 0 spiro atoms. The van der Waals surface area contributed by atoms with Crippen molar-refractivity contribution in [3.63, 3.8) is 0 Å². The Kier molecular flexibility index (Phi) is 6.83. The second-order valence-corrected chi connectivity index (χ2v) is 5.35. The van der Waals surface area contributed by atoms with Crippen LogP contribution in [0.2, 0.25) is 0 Å². The summed E-state index contributed by atoms with van der Waals surface area (Å²) >= 11 is 0. The number of para-hydroxylation sites is 1. The van der Waals surface area contributed by atoms with Gasteiger partial charge in [0.15, 0.2) is 11.8 Å². The Balaban J connectivity index is 0.00000208. The fourth-order valence-electron chi connectivity index (χ4n) is 2.53. The molecular weight excluding hydrogens is 421 g/mol. The molecule has 8 heteroatoms. The Morgan fingerprint density at radius 3 is 3.04 bits per heavy atom. The number of aliphatic imine (C=N–C) groups is 1. The van der Waals surface area contributed by atoms with Crippen LogP contribution in [0.25, 0.3) is 0 Å². The summed E-state index contributed by atoms with van der Waals surface area (Å²) in [4.78, 5) is 8.59. The van der Waals surface area contributed by atoms with Crippen LogP contribution < -0.4 is 15.8 Å². The van der Waals surface area contributed by atoms with Crippen LogP contribution in [0.1, 0.15) is 36.7 Å². The van der Waals surface area contributed by atoms with Gasteiger partial charge in [-0.3, -0.25) is 4.99 Å². The highest BCUT2D eigenvalue weighted by Gasteiger charge is 2.21. The van der Waals surface area contributed by atoms with Gasteiger partial charge in [0, 0.05) is 31.4 Å². The number of nitrogens with one attached hydrogen (secondary N) is 1. The number of guanidine groups is 1. The Morgan fingerprint density at radius 1 is 1.42 bits per heavy atom. The lowest BCUT2D eigenvalue weighted by molar-refractivity contribution is 0.262. The number of nitrogens with zero attached hydrogens (tertiary/aromatic N) is 3. The SMILES string of the molecule is CCc1nc(CCN=C(N)NC2CCOc3ccccc32)no1.I. The zero-order valence-electron chi connectivity index (χ0n) is 13.6. The van der Waals surface area contributed by atoms with Crippen molar-refractivity contribution in [2.45, 2.75) is 32.2 Å². The largest absolute Gasteiger partial charge is 0.493 e. The van der Waals surface area contributed by atoms with E-state index < -0.39 is 0 Å². The Labute approximate surface area is 158 Å². The molecule has 0 radical (unpaired) electrons. The average Bonchev–Trinajstić information content (AvgIpc) is 3.03. The predicted octanol–water partition coefficient (Wildman–Crippen LogP) is 2.22. The molecule has 1 atom stereocenters. The van der Waals surface area contributed by atoms with Crippen LogP contribution in [0.15, 0.2) is 33.8 Å². The van der Waals surface area contributed by atoms with Crippen molar-refractivity contribution in [1.82, 2.24) is 15.5 Å². The van der Waals surface area contributed by atoms with Crippen LogP contribution >= 0.6 is 24.0 Å². The van der Waals surface area contributed by atoms with Crippen LogP contribution in [0.5, 0.6) is 5.75 Å². The second-order valence-electron chi connectivity index (χ2n) is 5.35. The van der Waals surface area contributed by atoms with Crippen molar-refractivity contribution >= 4 is 29.9 Å². The number of hydrogen-bond donors (Lipinski definition) is 2. The molecule has 1 aromatic carbocycles. The molecule has 1 aliphatic heterocycles. The highest BCUT2D eigenvalue weighted by Crippen LogP contribution is 2.31. The van der Waals surface area contributed by atoms with E-state index in [4.69, 9.17) is 15.0 Å². The third-order valence-corrected chi connectivity index (χ3v) is 3.71. The number of aromatic nitrogens is 2. The Bertz CT molecular complexity index is 689. The number of nitrogens with two attached hydrogens (primary N) is 1. The molecule has 1 aliphatic rings. The summed E-state index contributed by atoms with van der Waals surface area (Å²) in [6.45, 7) is 3.17. The molecule has 3 rings (SSSR count). The molecule has 0 fully saturated rings. The third-order valence-electron chi connectivity index (χ3n) is 3.71. The summed E-state index contributed by atoms with van der Waals surface area (Å²) in [6.07, 6.45) is 2.21. The van der Waals surface area contributed by atoms with Gasteiger partial charge in [-0.15, -0.1) is 24.0 Å². The molecule has 24 heavy (non-hydrogen) atoms. The molecule has 0 amide bonds. The number of hydrogen-bond acceptors (Lipinski definition) is 5. The number of ether oxygens (including phenoxy) is 1. The van der Waals surface area contributed by atoms with Gasteiger partial charge < -0.3 is 20.3 Å². The molecule has 130 valence electrons. The molecule has 2 heterocycles. The molecule has 1 unspecified atom stereocenters. The highest BCUT2D eigenvalue weighted by molar-refractivity contribution is 14.0. The lowest BCUT2D eigenvalue weighted by Gasteiger charge is -2.26. The van der Waals surface area contributed by atoms with Gasteiger partial charge in [-0.2, -0.15) is 4.98 Å². The van der Waals surface area contributed by atoms with Crippen LogP contribution in [-0.4, -0.2) is 29.3 Å². The zero-order chi connectivity index (χ0) is 16.1. The van der Waals surface area contributed by atoms with E-state index in [9.17, 15) is 0 Å². The fraction of sp³-hybridized carbons (Fsp3) is 0.438. The normalized spacial score (nSPS) is 16.7. The van der Waals surface area contributed by atoms with Crippen molar-refractivity contribution in [1.29, 1.82) is 0 Å². The standard InChI is InChI=1S/C16H21N5O2.HI/c1-2-15-20-14(21-23-15)7-9-18-16(17)19-12-8-10-22-13-6-4-3-5-11(12)13;/h3-6,12H,2,7-10H2,1H3,(H3,17,18,19);1H. The van der Waals surface area contributed by atoms with E-state index in [-0.39, 0.29) is 30.0 Å². The first-order valence-corrected chi connectivity index (χ1v) is 7.86. The molecule has 1 aromatic heterocycles. The topological polar surface area (TPSA) is 98.6 Å². The van der Waals surface area contributed by atoms with Crippen molar-refractivity contribution in [3.8, 4) is 5.75 Å². The van der Waals surface area contributed by atoms with Crippen molar-refractivity contribution in [3.05, 3.63) is 41.5 Å². The van der Waals surface area contributed by atoms with E-state index >= 15 is 0 Å². The van der Waals surface area contributed by atoms with Crippen LogP contribution in [0.3, 0.4) is 0 Å².